The molecule has 5 heterocycles. The van der Waals surface area contributed by atoms with E-state index in [1.807, 2.05) is 100 Å². The van der Waals surface area contributed by atoms with Gasteiger partial charge >= 0.3 is 0 Å². The average molecular weight is 691 g/mol. The van der Waals surface area contributed by atoms with Crippen molar-refractivity contribution >= 4 is 44.1 Å². The molecule has 0 saturated carbocycles. The predicted molar refractivity (Wildman–Crippen MR) is 201 cm³/mol. The number of aromatic amines is 2. The largest absolute Gasteiger partial charge is 0.494 e. The molecule has 2 aliphatic heterocycles. The van der Waals surface area contributed by atoms with Crippen molar-refractivity contribution < 1.29 is 18.9 Å². The van der Waals surface area contributed by atoms with Crippen molar-refractivity contribution in [3.05, 3.63) is 72.8 Å². The van der Waals surface area contributed by atoms with Gasteiger partial charge in [-0.15, -0.1) is 0 Å². The minimum absolute atomic E-state index is 0.490. The fraction of sp³-hybridized carbons (Fsp3) is 0.200. The van der Waals surface area contributed by atoms with Crippen molar-refractivity contribution in [2.24, 2.45) is 0 Å². The molecule has 0 aliphatic carbocycles. The van der Waals surface area contributed by atoms with Gasteiger partial charge in [-0.1, -0.05) is 0 Å². The van der Waals surface area contributed by atoms with Crippen molar-refractivity contribution in [3.63, 3.8) is 0 Å². The molecule has 2 N–H and O–H groups in total. The summed E-state index contributed by atoms with van der Waals surface area (Å²) in [5, 5.41) is 3.36. The van der Waals surface area contributed by atoms with Gasteiger partial charge in [0.15, 0.2) is 23.3 Å². The van der Waals surface area contributed by atoms with Crippen LogP contribution in [0.2, 0.25) is 0 Å². The fourth-order valence-electron chi connectivity index (χ4n) is 6.74. The lowest BCUT2D eigenvalue weighted by Crippen LogP contribution is -1.92. The maximum absolute atomic E-state index is 5.90. The predicted octanol–water partition coefficient (Wildman–Crippen LogP) is 8.46. The number of fused-ring (bicyclic) bond motifs is 20. The zero-order valence-corrected chi connectivity index (χ0v) is 29.1. The molecule has 7 aromatic rings. The molecule has 4 aromatic carbocycles. The van der Waals surface area contributed by atoms with E-state index < -0.39 is 0 Å². The lowest BCUT2D eigenvalue weighted by Gasteiger charge is -2.05. The standard InChI is InChI=1S/C40H34N8O4/c1-5-49-21-9-13-25-29(17-21)37-41-33(25)46-38-31-19-23(51-7-3)11-15-27(31)35(43-38)48-40-32-20-24(52-8-4)12-16-28(32)36(44-40)47-39-30-18-22(50-6-2)10-14-26(30)34(42-39)45-37/h9-20H,5-8H2,1-4H3,(H2,41,42,43,44,45,46,47,48). The lowest BCUT2D eigenvalue weighted by atomic mass is 10.1. The first-order valence-electron chi connectivity index (χ1n) is 17.4. The molecule has 0 radical (unpaired) electrons. The topological polar surface area (TPSA) is 146 Å². The summed E-state index contributed by atoms with van der Waals surface area (Å²) >= 11 is 0. The van der Waals surface area contributed by atoms with E-state index in [9.17, 15) is 0 Å². The molecule has 52 heavy (non-hydrogen) atoms. The molecule has 0 fully saturated rings. The van der Waals surface area contributed by atoms with E-state index in [1.165, 1.54) is 0 Å². The number of rotatable bonds is 8. The van der Waals surface area contributed by atoms with Crippen LogP contribution in [0.25, 0.3) is 89.7 Å². The van der Waals surface area contributed by atoms with Gasteiger partial charge in [-0.05, 0) is 100 Å². The summed E-state index contributed by atoms with van der Waals surface area (Å²) in [6.45, 7) is 9.95. The normalized spacial score (nSPS) is 11.8. The Morgan fingerprint density at radius 3 is 1.08 bits per heavy atom. The highest BCUT2D eigenvalue weighted by atomic mass is 16.5. The first-order valence-corrected chi connectivity index (χ1v) is 17.4. The summed E-state index contributed by atoms with van der Waals surface area (Å²) in [5.41, 5.74) is 5.58. The summed E-state index contributed by atoms with van der Waals surface area (Å²) < 4.78 is 23.6. The third kappa shape index (κ3) is 5.31. The first-order chi connectivity index (χ1) is 25.5. The molecule has 3 aromatic heterocycles. The minimum Gasteiger partial charge on any atom is -0.494 e. The van der Waals surface area contributed by atoms with Crippen LogP contribution in [0.15, 0.2) is 72.8 Å². The van der Waals surface area contributed by atoms with Crippen molar-refractivity contribution in [2.75, 3.05) is 26.4 Å². The second-order valence-electron chi connectivity index (χ2n) is 12.2. The maximum Gasteiger partial charge on any atom is 0.164 e. The van der Waals surface area contributed by atoms with Gasteiger partial charge in [0, 0.05) is 43.8 Å². The molecule has 0 atom stereocenters. The monoisotopic (exact) mass is 690 g/mol. The lowest BCUT2D eigenvalue weighted by molar-refractivity contribution is 0.340. The zero-order valence-electron chi connectivity index (χ0n) is 29.1. The van der Waals surface area contributed by atoms with Gasteiger partial charge in [-0.3, -0.25) is 0 Å². The van der Waals surface area contributed by atoms with Crippen LogP contribution in [0, 0.1) is 0 Å². The van der Waals surface area contributed by atoms with Gasteiger partial charge in [-0.25, -0.2) is 29.9 Å². The molecule has 12 nitrogen and oxygen atoms in total. The van der Waals surface area contributed by atoms with Gasteiger partial charge in [0.25, 0.3) is 0 Å². The van der Waals surface area contributed by atoms with Gasteiger partial charge in [0.05, 0.1) is 26.4 Å². The van der Waals surface area contributed by atoms with E-state index >= 15 is 0 Å². The SMILES string of the molecule is CCOc1ccc2c(c1)-c1nc-2nc2[nH]c(nc3nc(nc4[nH]c(n1)c1ccc(OCC)cc41)-c1ccc(OCC)cc1-3)c1ccc(OCC)cc21. The van der Waals surface area contributed by atoms with Crippen molar-refractivity contribution in [1.82, 2.24) is 39.9 Å². The Morgan fingerprint density at radius 2 is 0.692 bits per heavy atom. The van der Waals surface area contributed by atoms with Crippen LogP contribution in [0.4, 0.5) is 0 Å². The molecule has 8 bridgehead atoms. The van der Waals surface area contributed by atoms with Crippen molar-refractivity contribution in [3.8, 4) is 68.5 Å². The first kappa shape index (κ1) is 31.4. The second-order valence-corrected chi connectivity index (χ2v) is 12.2. The Morgan fingerprint density at radius 1 is 0.365 bits per heavy atom. The van der Waals surface area contributed by atoms with E-state index in [-0.39, 0.29) is 0 Å². The summed E-state index contributed by atoms with van der Waals surface area (Å²) in [6.07, 6.45) is 0. The molecule has 0 unspecified atom stereocenters. The van der Waals surface area contributed by atoms with Gasteiger partial charge in [0.1, 0.15) is 45.6 Å². The molecule has 0 saturated heterocycles. The Kier molecular flexibility index (Phi) is 7.64. The Hall–Kier alpha value is -6.56. The number of aromatic nitrogens is 8. The Labute approximate surface area is 297 Å². The minimum atomic E-state index is 0.490. The van der Waals surface area contributed by atoms with Gasteiger partial charge < -0.3 is 28.9 Å². The smallest absolute Gasteiger partial charge is 0.164 e. The Balaban J connectivity index is 1.44. The van der Waals surface area contributed by atoms with Crippen LogP contribution in [0.3, 0.4) is 0 Å². The number of ether oxygens (including phenoxy) is 4. The summed E-state index contributed by atoms with van der Waals surface area (Å²) in [7, 11) is 0. The van der Waals surface area contributed by atoms with Gasteiger partial charge in [-0.2, -0.15) is 0 Å². The summed E-state index contributed by atoms with van der Waals surface area (Å²) in [5.74, 6) is 4.86. The number of hydrogen-bond donors (Lipinski definition) is 2. The molecule has 9 rings (SSSR count). The second kappa shape index (κ2) is 12.6. The van der Waals surface area contributed by atoms with E-state index in [0.29, 0.717) is 72.3 Å². The highest BCUT2D eigenvalue weighted by Crippen LogP contribution is 2.40. The maximum atomic E-state index is 5.90. The van der Waals surface area contributed by atoms with Crippen LogP contribution in [0.1, 0.15) is 27.7 Å². The molecule has 258 valence electrons. The third-order valence-corrected chi connectivity index (χ3v) is 8.96. The molecule has 2 aliphatic rings. The van der Waals surface area contributed by atoms with Gasteiger partial charge in [0.2, 0.25) is 0 Å². The van der Waals surface area contributed by atoms with Crippen molar-refractivity contribution in [2.45, 2.75) is 27.7 Å². The highest BCUT2D eigenvalue weighted by Gasteiger charge is 2.23. The van der Waals surface area contributed by atoms with E-state index in [2.05, 4.69) is 9.97 Å². The zero-order chi connectivity index (χ0) is 35.3. The molecule has 0 spiro atoms. The van der Waals surface area contributed by atoms with Crippen LogP contribution in [-0.2, 0) is 0 Å². The highest BCUT2D eigenvalue weighted by molar-refractivity contribution is 6.07. The van der Waals surface area contributed by atoms with Crippen LogP contribution < -0.4 is 18.9 Å². The summed E-state index contributed by atoms with van der Waals surface area (Å²) in [6, 6.07) is 23.5. The van der Waals surface area contributed by atoms with E-state index in [0.717, 1.165) is 66.8 Å². The van der Waals surface area contributed by atoms with E-state index in [4.69, 9.17) is 48.9 Å². The summed E-state index contributed by atoms with van der Waals surface area (Å²) in [4.78, 5) is 37.5. The van der Waals surface area contributed by atoms with Crippen LogP contribution in [0.5, 0.6) is 23.0 Å². The number of nitrogens with zero attached hydrogens (tertiary/aromatic N) is 6. The molecular formula is C40H34N8O4. The number of nitrogens with one attached hydrogen (secondary N) is 2. The fourth-order valence-corrected chi connectivity index (χ4v) is 6.74. The molecule has 12 heteroatoms. The average Bonchev–Trinajstić information content (AvgIpc) is 3.87. The number of benzene rings is 4. The number of hydrogen-bond acceptors (Lipinski definition) is 10. The Bertz CT molecular complexity index is 2530. The molecular weight excluding hydrogens is 656 g/mol. The quantitative estimate of drug-likeness (QED) is 0.159. The van der Waals surface area contributed by atoms with Crippen LogP contribution >= 0.6 is 0 Å². The molecule has 0 amide bonds. The van der Waals surface area contributed by atoms with E-state index in [1.54, 1.807) is 0 Å². The van der Waals surface area contributed by atoms with Crippen LogP contribution in [-0.4, -0.2) is 66.3 Å². The van der Waals surface area contributed by atoms with Crippen molar-refractivity contribution in [1.29, 1.82) is 0 Å². The third-order valence-electron chi connectivity index (χ3n) is 8.96. The number of H-pyrrole nitrogens is 2.